The lowest BCUT2D eigenvalue weighted by Crippen LogP contribution is -2.16. The van der Waals surface area contributed by atoms with E-state index in [4.69, 9.17) is 0 Å². The van der Waals surface area contributed by atoms with Gasteiger partial charge in [0.05, 0.1) is 0 Å². The molecule has 0 saturated carbocycles. The quantitative estimate of drug-likeness (QED) is 0.844. The first-order chi connectivity index (χ1) is 7.86. The first-order valence-corrected chi connectivity index (χ1v) is 5.86. The third-order valence-electron chi connectivity index (χ3n) is 3.02. The second-order valence-electron chi connectivity index (χ2n) is 4.07. The molecule has 0 saturated heterocycles. The van der Waals surface area contributed by atoms with E-state index in [2.05, 4.69) is 41.5 Å². The zero-order valence-corrected chi connectivity index (χ0v) is 9.90. The highest BCUT2D eigenvalue weighted by Crippen LogP contribution is 2.25. The molecule has 0 amide bonds. The van der Waals surface area contributed by atoms with E-state index in [1.165, 1.54) is 22.8 Å². The highest BCUT2D eigenvalue weighted by Gasteiger charge is 2.10. The number of rotatable bonds is 4. The van der Waals surface area contributed by atoms with Crippen molar-refractivity contribution in [1.29, 1.82) is 0 Å². The van der Waals surface area contributed by atoms with Crippen LogP contribution in [0.25, 0.3) is 10.8 Å². The first kappa shape index (κ1) is 11.1. The lowest BCUT2D eigenvalue weighted by molar-refractivity contribution is 0.545. The van der Waals surface area contributed by atoms with Gasteiger partial charge in [-0.15, -0.1) is 0 Å². The van der Waals surface area contributed by atoms with Crippen molar-refractivity contribution in [1.82, 2.24) is 10.3 Å². The normalized spacial score (nSPS) is 12.9. The number of pyridine rings is 1. The Morgan fingerprint density at radius 2 is 2.19 bits per heavy atom. The number of fused-ring (bicyclic) bond motifs is 1. The highest BCUT2D eigenvalue weighted by atomic mass is 14.9. The van der Waals surface area contributed by atoms with Crippen LogP contribution >= 0.6 is 0 Å². The molecule has 1 aromatic carbocycles. The fourth-order valence-corrected chi connectivity index (χ4v) is 2.18. The predicted molar refractivity (Wildman–Crippen MR) is 68.5 cm³/mol. The molecule has 1 heterocycles. The largest absolute Gasteiger partial charge is 0.313 e. The van der Waals surface area contributed by atoms with Crippen molar-refractivity contribution < 1.29 is 0 Å². The molecule has 0 aliphatic heterocycles. The molecule has 16 heavy (non-hydrogen) atoms. The van der Waals surface area contributed by atoms with Crippen LogP contribution in [0.3, 0.4) is 0 Å². The van der Waals surface area contributed by atoms with Gasteiger partial charge in [-0.05, 0) is 30.5 Å². The van der Waals surface area contributed by atoms with E-state index in [1.54, 1.807) is 0 Å². The molecule has 1 atom stereocenters. The minimum atomic E-state index is 0.429. The van der Waals surface area contributed by atoms with Crippen LogP contribution in [0.2, 0.25) is 0 Å². The van der Waals surface area contributed by atoms with Crippen molar-refractivity contribution in [3.05, 3.63) is 42.2 Å². The summed E-state index contributed by atoms with van der Waals surface area (Å²) >= 11 is 0. The van der Waals surface area contributed by atoms with Crippen LogP contribution in [-0.2, 0) is 0 Å². The third kappa shape index (κ3) is 2.07. The van der Waals surface area contributed by atoms with Crippen LogP contribution in [-0.4, -0.2) is 12.0 Å². The molecule has 2 nitrogen and oxygen atoms in total. The van der Waals surface area contributed by atoms with Gasteiger partial charge in [0.1, 0.15) is 0 Å². The Morgan fingerprint density at radius 3 is 2.94 bits per heavy atom. The molecule has 84 valence electrons. The molecule has 0 spiro atoms. The Bertz CT molecular complexity index is 460. The van der Waals surface area contributed by atoms with Gasteiger partial charge in [-0.2, -0.15) is 0 Å². The second-order valence-corrected chi connectivity index (χ2v) is 4.07. The van der Waals surface area contributed by atoms with Gasteiger partial charge in [0, 0.05) is 23.8 Å². The Hall–Kier alpha value is -1.41. The minimum absolute atomic E-state index is 0.429. The topological polar surface area (TPSA) is 24.9 Å². The van der Waals surface area contributed by atoms with Gasteiger partial charge in [0.25, 0.3) is 0 Å². The molecular formula is C14H18N2. The van der Waals surface area contributed by atoms with Gasteiger partial charge in [0.15, 0.2) is 0 Å². The fourth-order valence-electron chi connectivity index (χ4n) is 2.18. The average Bonchev–Trinajstić information content (AvgIpc) is 2.35. The summed E-state index contributed by atoms with van der Waals surface area (Å²) in [6, 6.07) is 8.95. The summed E-state index contributed by atoms with van der Waals surface area (Å²) in [6.45, 7) is 2.22. The Balaban J connectivity index is 2.50. The Morgan fingerprint density at radius 1 is 1.31 bits per heavy atom. The average molecular weight is 214 g/mol. The van der Waals surface area contributed by atoms with Gasteiger partial charge >= 0.3 is 0 Å². The second kappa shape index (κ2) is 5.08. The van der Waals surface area contributed by atoms with Crippen molar-refractivity contribution in [3.8, 4) is 0 Å². The molecule has 0 aliphatic rings. The molecule has 0 aliphatic carbocycles. The summed E-state index contributed by atoms with van der Waals surface area (Å²) in [7, 11) is 2.02. The van der Waals surface area contributed by atoms with Gasteiger partial charge in [-0.1, -0.05) is 31.5 Å². The van der Waals surface area contributed by atoms with E-state index in [0.717, 1.165) is 6.42 Å². The van der Waals surface area contributed by atoms with Crippen molar-refractivity contribution in [2.75, 3.05) is 7.05 Å². The zero-order chi connectivity index (χ0) is 11.4. The van der Waals surface area contributed by atoms with E-state index >= 15 is 0 Å². The van der Waals surface area contributed by atoms with Crippen LogP contribution in [0.15, 0.2) is 36.7 Å². The van der Waals surface area contributed by atoms with Crippen molar-refractivity contribution in [3.63, 3.8) is 0 Å². The van der Waals surface area contributed by atoms with Gasteiger partial charge in [-0.25, -0.2) is 0 Å². The first-order valence-electron chi connectivity index (χ1n) is 5.86. The Kier molecular flexibility index (Phi) is 3.52. The maximum absolute atomic E-state index is 4.22. The molecule has 1 unspecified atom stereocenters. The summed E-state index contributed by atoms with van der Waals surface area (Å²) in [5.74, 6) is 0. The lowest BCUT2D eigenvalue weighted by atomic mass is 9.97. The van der Waals surface area contributed by atoms with E-state index < -0.39 is 0 Å². The van der Waals surface area contributed by atoms with Crippen LogP contribution < -0.4 is 5.32 Å². The number of hydrogen-bond donors (Lipinski definition) is 1. The number of nitrogens with one attached hydrogen (secondary N) is 1. The molecule has 2 rings (SSSR count). The summed E-state index contributed by atoms with van der Waals surface area (Å²) in [6.07, 6.45) is 6.15. The molecular weight excluding hydrogens is 196 g/mol. The van der Waals surface area contributed by atoms with Crippen molar-refractivity contribution >= 4 is 10.8 Å². The predicted octanol–water partition coefficient (Wildman–Crippen LogP) is 3.30. The van der Waals surface area contributed by atoms with Gasteiger partial charge in [0.2, 0.25) is 0 Å². The Labute approximate surface area is 96.7 Å². The van der Waals surface area contributed by atoms with E-state index in [-0.39, 0.29) is 0 Å². The number of hydrogen-bond acceptors (Lipinski definition) is 2. The van der Waals surface area contributed by atoms with E-state index in [1.807, 2.05) is 19.4 Å². The van der Waals surface area contributed by atoms with Crippen LogP contribution in [0, 0.1) is 0 Å². The fraction of sp³-hybridized carbons (Fsp3) is 0.357. The molecule has 2 heteroatoms. The minimum Gasteiger partial charge on any atom is -0.313 e. The van der Waals surface area contributed by atoms with Crippen LogP contribution in [0.5, 0.6) is 0 Å². The molecule has 1 N–H and O–H groups in total. The maximum Gasteiger partial charge on any atom is 0.0349 e. The smallest absolute Gasteiger partial charge is 0.0349 e. The van der Waals surface area contributed by atoms with Crippen LogP contribution in [0.4, 0.5) is 0 Å². The standard InChI is InChI=1S/C14H18N2/c1-3-5-14(15-2)12-7-4-6-11-8-9-16-10-13(11)12/h4,6-10,14-15H,3,5H2,1-2H3. The maximum atomic E-state index is 4.22. The number of benzene rings is 1. The number of aromatic nitrogens is 1. The molecule has 1 aromatic heterocycles. The lowest BCUT2D eigenvalue weighted by Gasteiger charge is -2.17. The summed E-state index contributed by atoms with van der Waals surface area (Å²) in [4.78, 5) is 4.22. The summed E-state index contributed by atoms with van der Waals surface area (Å²) < 4.78 is 0. The highest BCUT2D eigenvalue weighted by molar-refractivity contribution is 5.85. The zero-order valence-electron chi connectivity index (χ0n) is 9.90. The molecule has 0 bridgehead atoms. The summed E-state index contributed by atoms with van der Waals surface area (Å²) in [5.41, 5.74) is 1.36. The van der Waals surface area contributed by atoms with Gasteiger partial charge < -0.3 is 5.32 Å². The van der Waals surface area contributed by atoms with E-state index in [0.29, 0.717) is 6.04 Å². The van der Waals surface area contributed by atoms with E-state index in [9.17, 15) is 0 Å². The van der Waals surface area contributed by atoms with Gasteiger partial charge in [-0.3, -0.25) is 4.98 Å². The monoisotopic (exact) mass is 214 g/mol. The SMILES string of the molecule is CCCC(NC)c1cccc2ccncc12. The molecule has 2 aromatic rings. The van der Waals surface area contributed by atoms with Crippen LogP contribution in [0.1, 0.15) is 31.4 Å². The molecule has 0 radical (unpaired) electrons. The summed E-state index contributed by atoms with van der Waals surface area (Å²) in [5, 5.41) is 5.91. The van der Waals surface area contributed by atoms with Crippen molar-refractivity contribution in [2.24, 2.45) is 0 Å². The molecule has 0 fully saturated rings. The van der Waals surface area contributed by atoms with Crippen molar-refractivity contribution in [2.45, 2.75) is 25.8 Å². The number of nitrogens with zero attached hydrogens (tertiary/aromatic N) is 1. The third-order valence-corrected chi connectivity index (χ3v) is 3.02.